The smallest absolute Gasteiger partial charge is 0.302 e. The number of aromatic nitrogens is 2. The molecule has 0 saturated heterocycles. The van der Waals surface area contributed by atoms with Gasteiger partial charge in [-0.1, -0.05) is 44.0 Å². The number of hydrogen-bond donors (Lipinski definition) is 4. The summed E-state index contributed by atoms with van der Waals surface area (Å²) >= 11 is 12.4. The third kappa shape index (κ3) is 9.27. The fourth-order valence-electron chi connectivity index (χ4n) is 13.2. The molecule has 2 heterocycles. The van der Waals surface area contributed by atoms with Crippen LogP contribution in [0.1, 0.15) is 92.4 Å². The van der Waals surface area contributed by atoms with Gasteiger partial charge >= 0.3 is 11.9 Å². The maximum absolute atomic E-state index is 12.9. The lowest BCUT2D eigenvalue weighted by molar-refractivity contribution is -0.220. The number of anilines is 2. The maximum Gasteiger partial charge on any atom is 0.302 e. The lowest BCUT2D eigenvalue weighted by Crippen LogP contribution is -2.64. The predicted octanol–water partition coefficient (Wildman–Crippen LogP) is 10.3. The van der Waals surface area contributed by atoms with Crippen LogP contribution in [0.5, 0.6) is 0 Å². The monoisotopic (exact) mass is 884 g/mol. The molecule has 4 N–H and O–H groups in total. The van der Waals surface area contributed by atoms with Crippen molar-refractivity contribution in [3.05, 3.63) is 71.0 Å². The van der Waals surface area contributed by atoms with Gasteiger partial charge in [0, 0.05) is 102 Å². The molecule has 0 aliphatic heterocycles. The Kier molecular flexibility index (Phi) is 13.9. The highest BCUT2D eigenvalue weighted by atomic mass is 35.5. The quantitative estimate of drug-likeness (QED) is 0.0638. The molecule has 4 saturated carbocycles. The highest BCUT2D eigenvalue weighted by Gasteiger charge is 2.67. The first-order chi connectivity index (χ1) is 29.8. The van der Waals surface area contributed by atoms with Gasteiger partial charge in [-0.2, -0.15) is 0 Å². The molecule has 4 aromatic rings. The van der Waals surface area contributed by atoms with Crippen molar-refractivity contribution in [1.82, 2.24) is 20.6 Å². The van der Waals surface area contributed by atoms with Gasteiger partial charge in [-0.3, -0.25) is 19.6 Å². The molecule has 1 unspecified atom stereocenters. The molecule has 2 aromatic heterocycles. The Labute approximate surface area is 377 Å². The second-order valence-electron chi connectivity index (χ2n) is 19.4. The number of halogens is 2. The van der Waals surface area contributed by atoms with E-state index < -0.39 is 0 Å². The average Bonchev–Trinajstić information content (AvgIpc) is 3.60. The summed E-state index contributed by atoms with van der Waals surface area (Å²) < 4.78 is 12.9. The molecule has 334 valence electrons. The molecule has 4 aliphatic carbocycles. The number of carbonyl (C=O) groups excluding carboxylic acids is 2. The molecule has 0 bridgehead atoms. The number of nitrogens with zero attached hydrogens (tertiary/aromatic N) is 2. The summed E-state index contributed by atoms with van der Waals surface area (Å²) in [7, 11) is 0. The first-order valence-corrected chi connectivity index (χ1v) is 24.0. The number of hydrogen-bond acceptors (Lipinski definition) is 10. The SMILES string of the molecule is CC(=O)O[C@H]1C[C@H]2[C@@H]([C@H](OC(C)=O)C[C@@H]3CC(NCCNc4ccnc5cc(Cl)ccc45)CC[C@@]32C)[C@@H]2CC[C@H]([C@H](C)CCCNCCNc3ccnc4cc(Cl)ccc34)[C@@]12C. The molecule has 0 radical (unpaired) electrons. The van der Waals surface area contributed by atoms with E-state index in [0.29, 0.717) is 45.7 Å². The van der Waals surface area contributed by atoms with Gasteiger partial charge in [-0.25, -0.2) is 0 Å². The number of pyridine rings is 2. The minimum Gasteiger partial charge on any atom is -0.462 e. The number of nitrogens with one attached hydrogen (secondary N) is 4. The third-order valence-corrected chi connectivity index (χ3v) is 16.5. The summed E-state index contributed by atoms with van der Waals surface area (Å²) in [6.45, 7) is 14.8. The van der Waals surface area contributed by atoms with Crippen molar-refractivity contribution in [2.45, 2.75) is 111 Å². The van der Waals surface area contributed by atoms with Crippen molar-refractivity contribution in [2.75, 3.05) is 43.4 Å². The number of ether oxygens (including phenoxy) is 2. The Balaban J connectivity index is 0.884. The van der Waals surface area contributed by atoms with Crippen molar-refractivity contribution in [3.8, 4) is 0 Å². The second kappa shape index (κ2) is 19.2. The summed E-state index contributed by atoms with van der Waals surface area (Å²) in [5, 5.41) is 18.2. The zero-order valence-corrected chi connectivity index (χ0v) is 38.7. The molecule has 2 aromatic carbocycles. The van der Waals surface area contributed by atoms with Crippen molar-refractivity contribution in [2.24, 2.45) is 46.3 Å². The van der Waals surface area contributed by atoms with Crippen LogP contribution in [0.25, 0.3) is 21.8 Å². The summed E-state index contributed by atoms with van der Waals surface area (Å²) in [5.41, 5.74) is 3.79. The molecular weight excluding hydrogens is 819 g/mol. The van der Waals surface area contributed by atoms with Gasteiger partial charge in [-0.15, -0.1) is 0 Å². The van der Waals surface area contributed by atoms with Crippen LogP contribution in [0.4, 0.5) is 11.4 Å². The number of esters is 2. The van der Waals surface area contributed by atoms with Crippen LogP contribution in [0, 0.1) is 46.3 Å². The van der Waals surface area contributed by atoms with Gasteiger partial charge in [0.05, 0.1) is 11.0 Å². The number of rotatable bonds is 16. The van der Waals surface area contributed by atoms with Crippen molar-refractivity contribution in [1.29, 1.82) is 0 Å². The highest BCUT2D eigenvalue weighted by Crippen LogP contribution is 2.69. The molecule has 4 fully saturated rings. The summed E-state index contributed by atoms with van der Waals surface area (Å²) in [6.07, 6.45) is 12.7. The highest BCUT2D eigenvalue weighted by molar-refractivity contribution is 6.31. The van der Waals surface area contributed by atoms with E-state index in [1.165, 1.54) is 0 Å². The Bertz CT molecular complexity index is 2230. The molecule has 8 rings (SSSR count). The summed E-state index contributed by atoms with van der Waals surface area (Å²) in [4.78, 5) is 34.7. The first kappa shape index (κ1) is 44.9. The van der Waals surface area contributed by atoms with Crippen LogP contribution >= 0.6 is 23.2 Å². The van der Waals surface area contributed by atoms with Gasteiger partial charge in [0.2, 0.25) is 0 Å². The second-order valence-corrected chi connectivity index (χ2v) is 20.3. The topological polar surface area (TPSA) is 126 Å². The van der Waals surface area contributed by atoms with Crippen LogP contribution in [-0.4, -0.2) is 72.9 Å². The number of fused-ring (bicyclic) bond motifs is 7. The molecule has 11 atom stereocenters. The minimum absolute atomic E-state index is 0.0805. The van der Waals surface area contributed by atoms with Crippen LogP contribution in [0.2, 0.25) is 10.0 Å². The first-order valence-electron chi connectivity index (χ1n) is 23.2. The summed E-state index contributed by atoms with van der Waals surface area (Å²) in [6, 6.07) is 16.1. The third-order valence-electron chi connectivity index (χ3n) is 16.0. The van der Waals surface area contributed by atoms with Gasteiger partial charge in [0.25, 0.3) is 0 Å². The molecule has 12 heteroatoms. The average molecular weight is 886 g/mol. The van der Waals surface area contributed by atoms with E-state index in [1.807, 2.05) is 60.9 Å². The van der Waals surface area contributed by atoms with E-state index in [-0.39, 0.29) is 40.9 Å². The van der Waals surface area contributed by atoms with Gasteiger partial charge < -0.3 is 30.7 Å². The van der Waals surface area contributed by atoms with E-state index in [9.17, 15) is 9.59 Å². The van der Waals surface area contributed by atoms with E-state index >= 15 is 0 Å². The van der Waals surface area contributed by atoms with Crippen molar-refractivity contribution in [3.63, 3.8) is 0 Å². The molecule has 0 spiro atoms. The predicted molar refractivity (Wildman–Crippen MR) is 251 cm³/mol. The Hall–Kier alpha value is -3.70. The van der Waals surface area contributed by atoms with E-state index in [1.54, 1.807) is 13.8 Å². The number of benzene rings is 2. The Morgan fingerprint density at radius 1 is 0.774 bits per heavy atom. The molecule has 10 nitrogen and oxygen atoms in total. The lowest BCUT2D eigenvalue weighted by atomic mass is 9.43. The molecule has 62 heavy (non-hydrogen) atoms. The fourth-order valence-corrected chi connectivity index (χ4v) is 13.5. The largest absolute Gasteiger partial charge is 0.462 e. The Morgan fingerprint density at radius 2 is 1.42 bits per heavy atom. The van der Waals surface area contributed by atoms with Gasteiger partial charge in [0.1, 0.15) is 12.2 Å². The van der Waals surface area contributed by atoms with E-state index in [2.05, 4.69) is 52.0 Å². The van der Waals surface area contributed by atoms with Gasteiger partial charge in [-0.05, 0) is 148 Å². The van der Waals surface area contributed by atoms with Crippen molar-refractivity contribution >= 4 is 68.3 Å². The van der Waals surface area contributed by atoms with E-state index in [0.717, 1.165) is 124 Å². The maximum atomic E-state index is 12.9. The van der Waals surface area contributed by atoms with Gasteiger partial charge in [0.15, 0.2) is 0 Å². The Morgan fingerprint density at radius 3 is 2.06 bits per heavy atom. The normalized spacial score (nSPS) is 30.8. The fraction of sp³-hybridized carbons (Fsp3) is 0.600. The van der Waals surface area contributed by atoms with Crippen LogP contribution in [0.15, 0.2) is 60.9 Å². The standard InChI is InChI=1S/C50H66Cl2N6O4/c1-30(7-6-18-53-21-22-57-42-15-19-55-44-27-34(51)8-10-37(42)44)39-12-13-40-48-41(29-47(50(39,40)5)62-32(3)60)49(4)17-14-36(25-33(49)26-46(48)61-31(2)59)54-23-24-58-43-16-20-56-45-28-35(52)9-11-38(43)45/h8-11,15-16,19-20,27-28,30,33,36,39-41,46-48,53-54H,6-7,12-14,17-18,21-26,29H2,1-5H3,(H,55,57)(H,56,58)/t30-,33+,36?,39-,40+,41+,46-,47+,48+,49+,50-/m1/s1. The lowest BCUT2D eigenvalue weighted by Gasteiger charge is -2.64. The zero-order chi connectivity index (χ0) is 43.6. The van der Waals surface area contributed by atoms with Crippen molar-refractivity contribution < 1.29 is 19.1 Å². The van der Waals surface area contributed by atoms with Crippen LogP contribution < -0.4 is 21.3 Å². The molecular formula is C50H66Cl2N6O4. The van der Waals surface area contributed by atoms with Crippen LogP contribution in [-0.2, 0) is 19.1 Å². The number of carbonyl (C=O) groups is 2. The molecule has 0 amide bonds. The minimum atomic E-state index is -0.188. The van der Waals surface area contributed by atoms with Crippen LogP contribution in [0.3, 0.4) is 0 Å². The van der Waals surface area contributed by atoms with E-state index in [4.69, 9.17) is 32.7 Å². The summed E-state index contributed by atoms with van der Waals surface area (Å²) in [5.74, 6) is 1.83. The zero-order valence-electron chi connectivity index (χ0n) is 37.2. The molecule has 4 aliphatic rings.